The zero-order valence-corrected chi connectivity index (χ0v) is 12.6. The second-order valence-electron chi connectivity index (χ2n) is 4.60. The van der Waals surface area contributed by atoms with Crippen LogP contribution >= 0.6 is 0 Å². The third-order valence-corrected chi connectivity index (χ3v) is 2.95. The van der Waals surface area contributed by atoms with Gasteiger partial charge in [-0.1, -0.05) is 0 Å². The molecular formula is C14H15N7O2. The molecule has 0 radical (unpaired) electrons. The Labute approximate surface area is 132 Å². The quantitative estimate of drug-likeness (QED) is 0.709. The van der Waals surface area contributed by atoms with Crippen molar-refractivity contribution in [3.63, 3.8) is 0 Å². The number of aromatic amines is 1. The largest absolute Gasteiger partial charge is 0.480 e. The van der Waals surface area contributed by atoms with Crippen molar-refractivity contribution in [2.45, 2.75) is 13.0 Å². The van der Waals surface area contributed by atoms with Crippen molar-refractivity contribution in [1.82, 2.24) is 30.4 Å². The molecule has 0 aliphatic rings. The number of nitrogens with one attached hydrogen (secondary N) is 2. The first kappa shape index (κ1) is 14.7. The molecule has 0 aliphatic carbocycles. The monoisotopic (exact) mass is 313 g/mol. The normalized spacial score (nSPS) is 11.7. The number of aromatic nitrogens is 6. The molecule has 0 fully saturated rings. The van der Waals surface area contributed by atoms with Crippen molar-refractivity contribution in [3.05, 3.63) is 42.5 Å². The molecule has 3 aromatic heterocycles. The summed E-state index contributed by atoms with van der Waals surface area (Å²) in [6.45, 7) is 1.87. The van der Waals surface area contributed by atoms with Crippen molar-refractivity contribution in [2.75, 3.05) is 12.4 Å². The first-order valence-corrected chi connectivity index (χ1v) is 6.87. The highest BCUT2D eigenvalue weighted by molar-refractivity contribution is 5.51. The van der Waals surface area contributed by atoms with E-state index in [9.17, 15) is 0 Å². The van der Waals surface area contributed by atoms with Crippen LogP contribution in [0.2, 0.25) is 0 Å². The number of hydrogen-bond acceptors (Lipinski definition) is 8. The molecule has 0 bridgehead atoms. The maximum Gasteiger partial charge on any atom is 0.234 e. The number of H-pyrrole nitrogens is 1. The second-order valence-corrected chi connectivity index (χ2v) is 4.60. The van der Waals surface area contributed by atoms with Gasteiger partial charge in [-0.05, 0) is 19.1 Å². The maximum atomic E-state index is 5.74. The van der Waals surface area contributed by atoms with Crippen LogP contribution in [0.15, 0.2) is 36.8 Å². The average Bonchev–Trinajstić information content (AvgIpc) is 3.03. The van der Waals surface area contributed by atoms with E-state index in [1.807, 2.05) is 13.0 Å². The summed E-state index contributed by atoms with van der Waals surface area (Å²) in [6.07, 6.45) is 4.43. The summed E-state index contributed by atoms with van der Waals surface area (Å²) < 4.78 is 10.7. The van der Waals surface area contributed by atoms with Crippen LogP contribution in [0, 0.1) is 0 Å². The lowest BCUT2D eigenvalue weighted by molar-refractivity contribution is 0.211. The van der Waals surface area contributed by atoms with E-state index in [0.717, 1.165) is 0 Å². The smallest absolute Gasteiger partial charge is 0.234 e. The lowest BCUT2D eigenvalue weighted by Gasteiger charge is -2.13. The first-order valence-electron chi connectivity index (χ1n) is 6.87. The molecule has 3 heterocycles. The standard InChI is InChI=1S/C14H15N7O2/c1-9(10-4-3-5-16-19-10)23-14-8-15-7-12(18-14)17-11-6-13(22-2)21-20-11/h3-9H,1-2H3,(H2,17,18,20,21)/t9-/m0/s1. The van der Waals surface area contributed by atoms with Gasteiger partial charge >= 0.3 is 0 Å². The number of methoxy groups -OCH3 is 1. The fourth-order valence-corrected chi connectivity index (χ4v) is 1.85. The number of ether oxygens (including phenoxy) is 2. The molecule has 0 aliphatic heterocycles. The summed E-state index contributed by atoms with van der Waals surface area (Å²) in [4.78, 5) is 8.44. The van der Waals surface area contributed by atoms with Crippen LogP contribution < -0.4 is 14.8 Å². The van der Waals surface area contributed by atoms with Crippen molar-refractivity contribution in [1.29, 1.82) is 0 Å². The topological polar surface area (TPSA) is 111 Å². The molecule has 9 heteroatoms. The molecule has 0 spiro atoms. The van der Waals surface area contributed by atoms with Gasteiger partial charge in [0.05, 0.1) is 19.5 Å². The Hall–Kier alpha value is -3.23. The first-order chi connectivity index (χ1) is 11.2. The Morgan fingerprint density at radius 1 is 1.26 bits per heavy atom. The molecule has 3 aromatic rings. The van der Waals surface area contributed by atoms with E-state index in [1.165, 1.54) is 6.20 Å². The maximum absolute atomic E-state index is 5.74. The van der Waals surface area contributed by atoms with Gasteiger partial charge in [-0.3, -0.25) is 10.1 Å². The third kappa shape index (κ3) is 3.70. The fraction of sp³-hybridized carbons (Fsp3) is 0.214. The van der Waals surface area contributed by atoms with Crippen molar-refractivity contribution in [2.24, 2.45) is 0 Å². The number of anilines is 2. The molecule has 118 valence electrons. The zero-order chi connectivity index (χ0) is 16.1. The zero-order valence-electron chi connectivity index (χ0n) is 12.6. The summed E-state index contributed by atoms with van der Waals surface area (Å²) in [5, 5.41) is 17.6. The minimum atomic E-state index is -0.291. The SMILES string of the molecule is COc1cc(Nc2cncc(O[C@@H](C)c3cccnn3)n2)[nH]n1. The number of rotatable bonds is 6. The molecule has 0 saturated carbocycles. The van der Waals surface area contributed by atoms with E-state index >= 15 is 0 Å². The summed E-state index contributed by atoms with van der Waals surface area (Å²) in [5.74, 6) is 2.00. The Balaban J connectivity index is 1.69. The van der Waals surface area contributed by atoms with E-state index in [1.54, 1.807) is 31.6 Å². The van der Waals surface area contributed by atoms with Gasteiger partial charge in [-0.15, -0.1) is 5.10 Å². The summed E-state index contributed by atoms with van der Waals surface area (Å²) in [7, 11) is 1.54. The molecule has 0 aromatic carbocycles. The Morgan fingerprint density at radius 3 is 2.91 bits per heavy atom. The van der Waals surface area contributed by atoms with Gasteiger partial charge in [0.2, 0.25) is 11.8 Å². The lowest BCUT2D eigenvalue weighted by atomic mass is 10.3. The van der Waals surface area contributed by atoms with Crippen LogP contribution in [0.1, 0.15) is 18.7 Å². The van der Waals surface area contributed by atoms with Crippen molar-refractivity contribution < 1.29 is 9.47 Å². The van der Waals surface area contributed by atoms with E-state index in [0.29, 0.717) is 29.1 Å². The van der Waals surface area contributed by atoms with E-state index in [2.05, 4.69) is 35.7 Å². The minimum absolute atomic E-state index is 0.291. The van der Waals surface area contributed by atoms with E-state index in [-0.39, 0.29) is 6.10 Å². The lowest BCUT2D eigenvalue weighted by Crippen LogP contribution is -2.07. The molecule has 2 N–H and O–H groups in total. The van der Waals surface area contributed by atoms with Gasteiger partial charge in [-0.25, -0.2) is 0 Å². The number of nitrogens with zero attached hydrogens (tertiary/aromatic N) is 5. The highest BCUT2D eigenvalue weighted by Crippen LogP contribution is 2.20. The Kier molecular flexibility index (Phi) is 4.27. The Bertz CT molecular complexity index is 763. The van der Waals surface area contributed by atoms with Crippen molar-refractivity contribution in [3.8, 4) is 11.8 Å². The van der Waals surface area contributed by atoms with Gasteiger partial charge in [0.1, 0.15) is 17.6 Å². The van der Waals surface area contributed by atoms with Gasteiger partial charge in [-0.2, -0.15) is 15.2 Å². The van der Waals surface area contributed by atoms with Crippen molar-refractivity contribution >= 4 is 11.6 Å². The number of hydrogen-bond donors (Lipinski definition) is 2. The van der Waals surface area contributed by atoms with Gasteiger partial charge in [0.25, 0.3) is 0 Å². The summed E-state index contributed by atoms with van der Waals surface area (Å²) in [6, 6.07) is 5.35. The highest BCUT2D eigenvalue weighted by Gasteiger charge is 2.11. The minimum Gasteiger partial charge on any atom is -0.480 e. The molecule has 9 nitrogen and oxygen atoms in total. The molecular weight excluding hydrogens is 298 g/mol. The molecule has 3 rings (SSSR count). The predicted molar refractivity (Wildman–Crippen MR) is 81.5 cm³/mol. The van der Waals surface area contributed by atoms with Crippen LogP contribution in [-0.4, -0.2) is 37.5 Å². The van der Waals surface area contributed by atoms with Crippen LogP contribution in [0.5, 0.6) is 11.8 Å². The van der Waals surface area contributed by atoms with E-state index < -0.39 is 0 Å². The summed E-state index contributed by atoms with van der Waals surface area (Å²) in [5.41, 5.74) is 0.714. The molecule has 1 atom stereocenters. The average molecular weight is 313 g/mol. The van der Waals surface area contributed by atoms with Crippen LogP contribution in [0.3, 0.4) is 0 Å². The van der Waals surface area contributed by atoms with Crippen LogP contribution in [0.25, 0.3) is 0 Å². The van der Waals surface area contributed by atoms with Gasteiger partial charge < -0.3 is 14.8 Å². The summed E-state index contributed by atoms with van der Waals surface area (Å²) >= 11 is 0. The predicted octanol–water partition coefficient (Wildman–Crippen LogP) is 1.88. The van der Waals surface area contributed by atoms with Crippen LogP contribution in [0.4, 0.5) is 11.6 Å². The molecule has 23 heavy (non-hydrogen) atoms. The second kappa shape index (κ2) is 6.69. The molecule has 0 unspecified atom stereocenters. The van der Waals surface area contributed by atoms with Gasteiger partial charge in [0.15, 0.2) is 5.82 Å². The Morgan fingerprint density at radius 2 is 2.17 bits per heavy atom. The molecule has 0 saturated heterocycles. The van der Waals surface area contributed by atoms with E-state index in [4.69, 9.17) is 9.47 Å². The third-order valence-electron chi connectivity index (χ3n) is 2.95. The van der Waals surface area contributed by atoms with Crippen LogP contribution in [-0.2, 0) is 0 Å². The van der Waals surface area contributed by atoms with Gasteiger partial charge in [0, 0.05) is 12.3 Å². The highest BCUT2D eigenvalue weighted by atomic mass is 16.5. The fourth-order valence-electron chi connectivity index (χ4n) is 1.85. The molecule has 0 amide bonds.